The molecule has 0 aromatic rings. The van der Waals surface area contributed by atoms with Crippen LogP contribution >= 0.6 is 0 Å². The Morgan fingerprint density at radius 2 is 0.790 bits per heavy atom. The van der Waals surface area contributed by atoms with Gasteiger partial charge in [-0.1, -0.05) is 212 Å². The van der Waals surface area contributed by atoms with Crippen molar-refractivity contribution in [1.29, 1.82) is 0 Å². The Morgan fingerprint density at radius 3 is 1.22 bits per heavy atom. The van der Waals surface area contributed by atoms with E-state index in [2.05, 4.69) is 142 Å². The molecule has 0 amide bonds. The van der Waals surface area contributed by atoms with Gasteiger partial charge in [0.2, 0.25) is 0 Å². The Labute approximate surface area is 490 Å². The third-order valence-corrected chi connectivity index (χ3v) is 13.2. The topological polar surface area (TPSA) is 175 Å². The molecule has 0 spiro atoms. The number of carboxylic acid groups (broad SMARTS) is 1. The van der Waals surface area contributed by atoms with Crippen molar-refractivity contribution >= 4 is 23.9 Å². The number of carbonyl (C=O) groups excluding carboxylic acids is 3. The van der Waals surface area contributed by atoms with Gasteiger partial charge in [0, 0.05) is 19.3 Å². The van der Waals surface area contributed by atoms with Crippen molar-refractivity contribution < 1.29 is 58.2 Å². The number of ether oxygens (including phenoxy) is 5. The van der Waals surface area contributed by atoms with Crippen LogP contribution in [0.1, 0.15) is 226 Å². The molecule has 6 atom stereocenters. The molecule has 12 nitrogen and oxygen atoms in total. The number of esters is 3. The zero-order valence-corrected chi connectivity index (χ0v) is 50.2. The third-order valence-electron chi connectivity index (χ3n) is 13.2. The molecule has 3 N–H and O–H groups in total. The van der Waals surface area contributed by atoms with E-state index in [0.717, 1.165) is 141 Å². The fourth-order valence-corrected chi connectivity index (χ4v) is 8.48. The van der Waals surface area contributed by atoms with Crippen molar-refractivity contribution in [1.82, 2.24) is 0 Å². The third kappa shape index (κ3) is 45.1. The Hall–Kier alpha value is -5.14. The molecule has 0 bridgehead atoms. The van der Waals surface area contributed by atoms with Gasteiger partial charge in [0.05, 0.1) is 6.61 Å². The summed E-state index contributed by atoms with van der Waals surface area (Å²) in [6, 6.07) is 0. The van der Waals surface area contributed by atoms with E-state index >= 15 is 0 Å². The predicted octanol–water partition coefficient (Wildman–Crippen LogP) is 16.6. The van der Waals surface area contributed by atoms with E-state index in [1.54, 1.807) is 0 Å². The van der Waals surface area contributed by atoms with Gasteiger partial charge in [-0.25, -0.2) is 4.79 Å². The predicted molar refractivity (Wildman–Crippen MR) is 330 cm³/mol. The van der Waals surface area contributed by atoms with Crippen LogP contribution in [0.2, 0.25) is 0 Å². The maximum Gasteiger partial charge on any atom is 0.335 e. The highest BCUT2D eigenvalue weighted by molar-refractivity contribution is 5.74. The molecule has 456 valence electrons. The highest BCUT2D eigenvalue weighted by Crippen LogP contribution is 2.26. The van der Waals surface area contributed by atoms with Gasteiger partial charge in [-0.05, 0) is 128 Å². The lowest BCUT2D eigenvalue weighted by atomic mass is 9.98. The van der Waals surface area contributed by atoms with Gasteiger partial charge >= 0.3 is 23.9 Å². The van der Waals surface area contributed by atoms with Gasteiger partial charge in [0.1, 0.15) is 18.8 Å². The molecule has 1 saturated heterocycles. The van der Waals surface area contributed by atoms with E-state index in [0.29, 0.717) is 25.7 Å². The lowest BCUT2D eigenvalue weighted by molar-refractivity contribution is -0.301. The summed E-state index contributed by atoms with van der Waals surface area (Å²) >= 11 is 0. The van der Waals surface area contributed by atoms with Gasteiger partial charge in [0.15, 0.2) is 24.6 Å². The van der Waals surface area contributed by atoms with Crippen LogP contribution in [0.4, 0.5) is 0 Å². The number of hydrogen-bond acceptors (Lipinski definition) is 11. The summed E-state index contributed by atoms with van der Waals surface area (Å²) in [6.07, 6.45) is 65.5. The van der Waals surface area contributed by atoms with Crippen LogP contribution in [0, 0.1) is 0 Å². The van der Waals surface area contributed by atoms with Crippen LogP contribution < -0.4 is 0 Å². The molecule has 12 heteroatoms. The summed E-state index contributed by atoms with van der Waals surface area (Å²) in [5.74, 6) is -3.25. The van der Waals surface area contributed by atoms with Crippen LogP contribution in [0.25, 0.3) is 0 Å². The largest absolute Gasteiger partial charge is 0.479 e. The van der Waals surface area contributed by atoms with Crippen molar-refractivity contribution in [3.05, 3.63) is 134 Å². The summed E-state index contributed by atoms with van der Waals surface area (Å²) in [6.45, 7) is 5.69. The molecule has 0 aromatic heterocycles. The second-order valence-electron chi connectivity index (χ2n) is 20.6. The van der Waals surface area contributed by atoms with Crippen molar-refractivity contribution in [2.24, 2.45) is 0 Å². The van der Waals surface area contributed by atoms with Gasteiger partial charge in [-0.3, -0.25) is 14.4 Å². The Balaban J connectivity index is 2.73. The van der Waals surface area contributed by atoms with E-state index in [9.17, 15) is 34.5 Å². The molecule has 1 rings (SSSR count). The van der Waals surface area contributed by atoms with Crippen LogP contribution in [0.3, 0.4) is 0 Å². The van der Waals surface area contributed by atoms with Crippen LogP contribution in [-0.4, -0.2) is 89.2 Å². The number of aliphatic hydroxyl groups is 2. The minimum Gasteiger partial charge on any atom is -0.479 e. The normalized spacial score (nSPS) is 18.7. The van der Waals surface area contributed by atoms with E-state index in [1.807, 2.05) is 12.2 Å². The first-order valence-electron chi connectivity index (χ1n) is 31.2. The number of carboxylic acids is 1. The van der Waals surface area contributed by atoms with Crippen LogP contribution in [0.5, 0.6) is 0 Å². The highest BCUT2D eigenvalue weighted by Gasteiger charge is 2.50. The molecule has 0 aromatic carbocycles. The molecule has 0 saturated carbocycles. The summed E-state index contributed by atoms with van der Waals surface area (Å²) in [7, 11) is 0. The maximum absolute atomic E-state index is 13.2. The van der Waals surface area contributed by atoms with E-state index < -0.39 is 67.3 Å². The number of hydrogen-bond donors (Lipinski definition) is 3. The summed E-state index contributed by atoms with van der Waals surface area (Å²) < 4.78 is 28.4. The molecule has 6 unspecified atom stereocenters. The number of aliphatic hydroxyl groups excluding tert-OH is 2. The van der Waals surface area contributed by atoms with Gasteiger partial charge in [0.25, 0.3) is 0 Å². The lowest BCUT2D eigenvalue weighted by Gasteiger charge is -2.40. The molecule has 1 heterocycles. The lowest BCUT2D eigenvalue weighted by Crippen LogP contribution is -2.61. The molecule has 1 fully saturated rings. The number of rotatable bonds is 51. The zero-order chi connectivity index (χ0) is 58.9. The fraction of sp³-hybridized carbons (Fsp3) is 0.623. The summed E-state index contributed by atoms with van der Waals surface area (Å²) in [5, 5.41) is 31.5. The second kappa shape index (κ2) is 55.4. The smallest absolute Gasteiger partial charge is 0.335 e. The average Bonchev–Trinajstić information content (AvgIpc) is 3.53. The van der Waals surface area contributed by atoms with Gasteiger partial charge < -0.3 is 39.0 Å². The fourth-order valence-electron chi connectivity index (χ4n) is 8.48. The number of aliphatic carboxylic acids is 1. The maximum atomic E-state index is 13.2. The van der Waals surface area contributed by atoms with Crippen molar-refractivity contribution in [3.8, 4) is 0 Å². The summed E-state index contributed by atoms with van der Waals surface area (Å²) in [4.78, 5) is 51.3. The zero-order valence-electron chi connectivity index (χ0n) is 50.2. The van der Waals surface area contributed by atoms with Gasteiger partial charge in [-0.2, -0.15) is 0 Å². The molecule has 0 radical (unpaired) electrons. The SMILES string of the molecule is CC/C=C\C/C=C\C/C=C\C/C=C\C/C=C\CCCC(=O)OC1C(OCC(COC(=O)CCCCCCCC/C=C\C/C=C\C/C=C\C/C=C\CC)OC(=O)CCCCCCC/C=C\C/C=C\CCCCC)OC(C(=O)O)C(O)C1O. The van der Waals surface area contributed by atoms with Gasteiger partial charge in [-0.15, -0.1) is 0 Å². The highest BCUT2D eigenvalue weighted by atomic mass is 16.7. The average molecular weight is 1130 g/mol. The first-order chi connectivity index (χ1) is 39.6. The quantitative estimate of drug-likeness (QED) is 0.0228. The minimum absolute atomic E-state index is 0.0280. The first kappa shape index (κ1) is 73.9. The van der Waals surface area contributed by atoms with Crippen molar-refractivity contribution in [3.63, 3.8) is 0 Å². The number of allylic oxidation sites excluding steroid dienone is 22. The van der Waals surface area contributed by atoms with Crippen molar-refractivity contribution in [2.75, 3.05) is 13.2 Å². The van der Waals surface area contributed by atoms with E-state index in [4.69, 9.17) is 23.7 Å². The van der Waals surface area contributed by atoms with E-state index in [-0.39, 0.29) is 25.9 Å². The van der Waals surface area contributed by atoms with Crippen LogP contribution in [-0.2, 0) is 42.9 Å². The van der Waals surface area contributed by atoms with Crippen LogP contribution in [0.15, 0.2) is 134 Å². The number of carbonyl (C=O) groups is 4. The Bertz CT molecular complexity index is 1920. The molecular formula is C69H108O12. The molecular weight excluding hydrogens is 1020 g/mol. The van der Waals surface area contributed by atoms with Crippen molar-refractivity contribution in [2.45, 2.75) is 263 Å². The molecule has 1 aliphatic heterocycles. The molecule has 1 aliphatic rings. The molecule has 81 heavy (non-hydrogen) atoms. The minimum atomic E-state index is -1.93. The van der Waals surface area contributed by atoms with E-state index in [1.165, 1.54) is 19.3 Å². The Morgan fingerprint density at radius 1 is 0.420 bits per heavy atom. The second-order valence-corrected chi connectivity index (χ2v) is 20.6. The first-order valence-corrected chi connectivity index (χ1v) is 31.2. The molecule has 0 aliphatic carbocycles. The number of unbranched alkanes of at least 4 members (excludes halogenated alkanes) is 15. The monoisotopic (exact) mass is 1130 g/mol. The summed E-state index contributed by atoms with van der Waals surface area (Å²) in [5.41, 5.74) is 0. The standard InChI is InChI=1S/C69H108O12/c1-4-7-10-13-16-19-22-25-28-30-31-33-35-37-40-43-46-49-52-55-61(70)77-58-60(79-62(71)56-53-50-47-44-41-38-34-27-24-21-18-15-12-9-6-3)59-78-69-67(65(74)64(73)66(81-69)68(75)76)80-63(72)57-54-51-48-45-42-39-36-32-29-26-23-20-17-14-11-8-5-2/h7-8,10-11,16-21,25-29,31,33-34,36,39,45,48,60,64-67,69,73-74H,4-6,9,12-15,22-24,30,32,35,37-38,40-44,46-47,49-59H2,1-3H3,(H,75,76)/b10-7-,11-8-,19-16-,20-17-,21-18-,28-25-,29-26-,33-31-,34-27-,39-36-,48-45-. The Kier molecular flexibility index (Phi) is 50.5.